The maximum Gasteiger partial charge on any atom is 0.248 e. The van der Waals surface area contributed by atoms with Crippen molar-refractivity contribution < 1.29 is 14.3 Å². The van der Waals surface area contributed by atoms with Crippen LogP contribution in [0.3, 0.4) is 0 Å². The molecule has 2 saturated carbocycles. The molecule has 1 heterocycles. The van der Waals surface area contributed by atoms with Gasteiger partial charge in [-0.2, -0.15) is 0 Å². The summed E-state index contributed by atoms with van der Waals surface area (Å²) in [5.74, 6) is 0.198. The molecular weight excluding hydrogens is 268 g/mol. The van der Waals surface area contributed by atoms with Crippen molar-refractivity contribution in [2.45, 2.75) is 75.5 Å². The summed E-state index contributed by atoms with van der Waals surface area (Å²) < 4.78 is 5.44. The van der Waals surface area contributed by atoms with Gasteiger partial charge in [-0.3, -0.25) is 9.59 Å². The third-order valence-electron chi connectivity index (χ3n) is 5.47. The maximum absolute atomic E-state index is 13.1. The maximum atomic E-state index is 13.1. The molecule has 1 saturated heterocycles. The van der Waals surface area contributed by atoms with Gasteiger partial charge < -0.3 is 15.0 Å². The van der Waals surface area contributed by atoms with Gasteiger partial charge in [0.2, 0.25) is 11.8 Å². The zero-order chi connectivity index (χ0) is 14.9. The molecule has 118 valence electrons. The van der Waals surface area contributed by atoms with E-state index in [0.29, 0.717) is 13.0 Å². The first-order chi connectivity index (χ1) is 10.1. The average Bonchev–Trinajstić information content (AvgIpc) is 2.93. The molecule has 5 heteroatoms. The van der Waals surface area contributed by atoms with Gasteiger partial charge in [-0.05, 0) is 32.1 Å². The first kappa shape index (κ1) is 14.8. The zero-order valence-corrected chi connectivity index (χ0v) is 12.9. The number of rotatable bonds is 2. The number of nitrogens with zero attached hydrogens (tertiary/aromatic N) is 1. The summed E-state index contributed by atoms with van der Waals surface area (Å²) in [4.78, 5) is 27.2. The minimum absolute atomic E-state index is 0.0361. The Morgan fingerprint density at radius 3 is 2.62 bits per heavy atom. The Morgan fingerprint density at radius 1 is 1.19 bits per heavy atom. The van der Waals surface area contributed by atoms with Crippen LogP contribution >= 0.6 is 0 Å². The van der Waals surface area contributed by atoms with Crippen LogP contribution in [0.2, 0.25) is 0 Å². The summed E-state index contributed by atoms with van der Waals surface area (Å²) >= 11 is 0. The van der Waals surface area contributed by atoms with Crippen LogP contribution in [0, 0.1) is 0 Å². The van der Waals surface area contributed by atoms with Gasteiger partial charge in [0.05, 0.1) is 6.10 Å². The third-order valence-corrected chi connectivity index (χ3v) is 5.47. The second-order valence-corrected chi connectivity index (χ2v) is 6.76. The average molecular weight is 294 g/mol. The highest BCUT2D eigenvalue weighted by atomic mass is 16.5. The lowest BCUT2D eigenvalue weighted by Gasteiger charge is -2.40. The van der Waals surface area contributed by atoms with Crippen LogP contribution in [-0.2, 0) is 14.3 Å². The third kappa shape index (κ3) is 2.80. The fraction of sp³-hybridized carbons (Fsp3) is 0.875. The Morgan fingerprint density at radius 2 is 1.95 bits per heavy atom. The number of hydrogen-bond acceptors (Lipinski definition) is 3. The molecule has 1 spiro atoms. The Balaban J connectivity index is 1.80. The van der Waals surface area contributed by atoms with E-state index in [2.05, 4.69) is 5.32 Å². The van der Waals surface area contributed by atoms with E-state index in [0.717, 1.165) is 44.9 Å². The van der Waals surface area contributed by atoms with Crippen LogP contribution in [-0.4, -0.2) is 48.1 Å². The summed E-state index contributed by atoms with van der Waals surface area (Å²) in [6, 6.07) is 0.244. The highest BCUT2D eigenvalue weighted by Crippen LogP contribution is 2.35. The van der Waals surface area contributed by atoms with E-state index >= 15 is 0 Å². The van der Waals surface area contributed by atoms with Crippen LogP contribution in [0.4, 0.5) is 0 Å². The molecule has 0 aromatic carbocycles. The standard InChI is InChI=1S/C16H26N2O3/c1-21-13-6-5-12(11-13)18-10-7-14(19)17-16(15(18)20)8-3-2-4-9-16/h12-13H,2-11H2,1H3,(H,17,19). The van der Waals surface area contributed by atoms with E-state index in [1.54, 1.807) is 7.11 Å². The molecule has 0 radical (unpaired) electrons. The summed E-state index contributed by atoms with van der Waals surface area (Å²) in [5.41, 5.74) is -0.614. The number of carbonyl (C=O) groups is 2. The van der Waals surface area contributed by atoms with Crippen molar-refractivity contribution in [3.63, 3.8) is 0 Å². The smallest absolute Gasteiger partial charge is 0.248 e. The fourth-order valence-corrected chi connectivity index (χ4v) is 4.24. The van der Waals surface area contributed by atoms with E-state index < -0.39 is 5.54 Å². The molecule has 2 unspecified atom stereocenters. The Bertz CT molecular complexity index is 418. The van der Waals surface area contributed by atoms with Crippen molar-refractivity contribution in [1.29, 1.82) is 0 Å². The predicted octanol–water partition coefficient (Wildman–Crippen LogP) is 1.61. The number of carbonyl (C=O) groups excluding carboxylic acids is 2. The number of hydrogen-bond donors (Lipinski definition) is 1. The quantitative estimate of drug-likeness (QED) is 0.841. The van der Waals surface area contributed by atoms with Crippen molar-refractivity contribution >= 4 is 11.8 Å². The molecule has 2 aliphatic carbocycles. The Kier molecular flexibility index (Phi) is 4.20. The van der Waals surface area contributed by atoms with Crippen molar-refractivity contribution in [1.82, 2.24) is 10.2 Å². The molecule has 0 aromatic rings. The lowest BCUT2D eigenvalue weighted by Crippen LogP contribution is -2.59. The van der Waals surface area contributed by atoms with Crippen molar-refractivity contribution in [2.75, 3.05) is 13.7 Å². The van der Waals surface area contributed by atoms with Gasteiger partial charge in [-0.1, -0.05) is 19.3 Å². The van der Waals surface area contributed by atoms with E-state index in [1.807, 2.05) is 4.90 Å². The minimum atomic E-state index is -0.614. The molecule has 5 nitrogen and oxygen atoms in total. The van der Waals surface area contributed by atoms with Crippen molar-refractivity contribution in [3.05, 3.63) is 0 Å². The van der Waals surface area contributed by atoms with Crippen molar-refractivity contribution in [3.8, 4) is 0 Å². The summed E-state index contributed by atoms with van der Waals surface area (Å²) in [6.07, 6.45) is 8.44. The normalized spacial score (nSPS) is 33.1. The van der Waals surface area contributed by atoms with Gasteiger partial charge in [0.15, 0.2) is 0 Å². The first-order valence-corrected chi connectivity index (χ1v) is 8.29. The van der Waals surface area contributed by atoms with Gasteiger partial charge in [0.1, 0.15) is 5.54 Å². The molecule has 3 rings (SSSR count). The molecule has 1 aliphatic heterocycles. The van der Waals surface area contributed by atoms with E-state index in [1.165, 1.54) is 6.42 Å². The molecule has 1 N–H and O–H groups in total. The van der Waals surface area contributed by atoms with Crippen LogP contribution < -0.4 is 5.32 Å². The predicted molar refractivity (Wildman–Crippen MR) is 78.7 cm³/mol. The SMILES string of the molecule is COC1CCC(N2CCC(=O)NC3(CCCCC3)C2=O)C1. The fourth-order valence-electron chi connectivity index (χ4n) is 4.24. The summed E-state index contributed by atoms with van der Waals surface area (Å²) in [6.45, 7) is 0.563. The number of ether oxygens (including phenoxy) is 1. The number of nitrogens with one attached hydrogen (secondary N) is 1. The molecular formula is C16H26N2O3. The van der Waals surface area contributed by atoms with Crippen LogP contribution in [0.5, 0.6) is 0 Å². The largest absolute Gasteiger partial charge is 0.381 e. The van der Waals surface area contributed by atoms with Crippen LogP contribution in [0.25, 0.3) is 0 Å². The Hall–Kier alpha value is -1.10. The molecule has 3 aliphatic rings. The van der Waals surface area contributed by atoms with E-state index in [-0.39, 0.29) is 24.0 Å². The molecule has 2 atom stereocenters. The molecule has 0 aromatic heterocycles. The topological polar surface area (TPSA) is 58.6 Å². The number of methoxy groups -OCH3 is 1. The summed E-state index contributed by atoms with van der Waals surface area (Å²) in [7, 11) is 1.74. The second-order valence-electron chi connectivity index (χ2n) is 6.76. The highest BCUT2D eigenvalue weighted by molar-refractivity contribution is 5.93. The monoisotopic (exact) mass is 294 g/mol. The van der Waals surface area contributed by atoms with E-state index in [9.17, 15) is 9.59 Å². The summed E-state index contributed by atoms with van der Waals surface area (Å²) in [5, 5.41) is 3.06. The zero-order valence-electron chi connectivity index (χ0n) is 12.9. The molecule has 0 bridgehead atoms. The van der Waals surface area contributed by atoms with E-state index in [4.69, 9.17) is 4.74 Å². The van der Waals surface area contributed by atoms with Crippen LogP contribution in [0.15, 0.2) is 0 Å². The highest BCUT2D eigenvalue weighted by Gasteiger charge is 2.47. The van der Waals surface area contributed by atoms with Gasteiger partial charge in [0.25, 0.3) is 0 Å². The molecule has 21 heavy (non-hydrogen) atoms. The Labute approximate surface area is 126 Å². The molecule has 2 amide bonds. The molecule has 3 fully saturated rings. The second kappa shape index (κ2) is 5.95. The van der Waals surface area contributed by atoms with Gasteiger partial charge in [0, 0.05) is 26.1 Å². The lowest BCUT2D eigenvalue weighted by atomic mass is 9.80. The van der Waals surface area contributed by atoms with Gasteiger partial charge >= 0.3 is 0 Å². The minimum Gasteiger partial charge on any atom is -0.381 e. The van der Waals surface area contributed by atoms with Gasteiger partial charge in [-0.25, -0.2) is 0 Å². The number of amides is 2. The van der Waals surface area contributed by atoms with Gasteiger partial charge in [-0.15, -0.1) is 0 Å². The lowest BCUT2D eigenvalue weighted by molar-refractivity contribution is -0.142. The van der Waals surface area contributed by atoms with Crippen molar-refractivity contribution in [2.24, 2.45) is 0 Å². The van der Waals surface area contributed by atoms with Crippen LogP contribution in [0.1, 0.15) is 57.8 Å². The first-order valence-electron chi connectivity index (χ1n) is 8.29.